The van der Waals surface area contributed by atoms with E-state index in [0.29, 0.717) is 11.6 Å². The normalized spacial score (nSPS) is 10.8. The van der Waals surface area contributed by atoms with E-state index in [9.17, 15) is 0 Å². The van der Waals surface area contributed by atoms with Crippen LogP contribution in [0.3, 0.4) is 0 Å². The third kappa shape index (κ3) is 2.87. The van der Waals surface area contributed by atoms with E-state index in [0.717, 1.165) is 17.1 Å². The van der Waals surface area contributed by atoms with Gasteiger partial charge in [0.1, 0.15) is 5.82 Å². The van der Waals surface area contributed by atoms with Crippen molar-refractivity contribution < 1.29 is 0 Å². The number of rotatable bonds is 3. The zero-order valence-electron chi connectivity index (χ0n) is 12.0. The Bertz CT molecular complexity index is 559. The molecule has 100 valence electrons. The summed E-state index contributed by atoms with van der Waals surface area (Å²) in [4.78, 5) is 6.49. The maximum absolute atomic E-state index is 5.74. The lowest BCUT2D eigenvalue weighted by Crippen LogP contribution is -2.13. The lowest BCUT2D eigenvalue weighted by atomic mass is 10.0. The molecule has 2 aromatic rings. The molecule has 0 saturated carbocycles. The first-order valence-corrected chi connectivity index (χ1v) is 6.55. The molecule has 0 fully saturated rings. The Morgan fingerprint density at radius 2 is 1.79 bits per heavy atom. The summed E-state index contributed by atoms with van der Waals surface area (Å²) in [6.45, 7) is 6.42. The minimum atomic E-state index is 0.552. The van der Waals surface area contributed by atoms with Crippen LogP contribution >= 0.6 is 0 Å². The summed E-state index contributed by atoms with van der Waals surface area (Å²) in [5, 5.41) is 0. The van der Waals surface area contributed by atoms with Crippen LogP contribution in [0.1, 0.15) is 30.9 Å². The molecule has 0 saturated heterocycles. The highest BCUT2D eigenvalue weighted by molar-refractivity contribution is 5.63. The number of benzene rings is 1. The van der Waals surface area contributed by atoms with E-state index in [-0.39, 0.29) is 0 Å². The Balaban J connectivity index is 2.30. The maximum Gasteiger partial charge on any atom is 0.135 e. The zero-order valence-corrected chi connectivity index (χ0v) is 12.0. The molecule has 0 aliphatic carbocycles. The van der Waals surface area contributed by atoms with Crippen LogP contribution in [0.25, 0.3) is 0 Å². The Morgan fingerprint density at radius 1 is 1.16 bits per heavy atom. The zero-order chi connectivity index (χ0) is 14.0. The molecule has 0 radical (unpaired) electrons. The number of nitrogen functional groups attached to an aromatic ring is 1. The van der Waals surface area contributed by atoms with Crippen molar-refractivity contribution in [3.8, 4) is 0 Å². The Labute approximate surface area is 115 Å². The molecule has 0 unspecified atom stereocenters. The van der Waals surface area contributed by atoms with Crippen molar-refractivity contribution in [3.63, 3.8) is 0 Å². The second kappa shape index (κ2) is 5.31. The molecule has 19 heavy (non-hydrogen) atoms. The van der Waals surface area contributed by atoms with E-state index in [1.165, 1.54) is 5.56 Å². The van der Waals surface area contributed by atoms with Gasteiger partial charge in [-0.1, -0.05) is 26.0 Å². The number of anilines is 3. The predicted octanol–water partition coefficient (Wildman–Crippen LogP) is 3.86. The highest BCUT2D eigenvalue weighted by Crippen LogP contribution is 2.27. The highest BCUT2D eigenvalue weighted by atomic mass is 15.2. The number of nitrogens with zero attached hydrogens (tertiary/aromatic N) is 2. The van der Waals surface area contributed by atoms with Crippen molar-refractivity contribution in [1.29, 1.82) is 0 Å². The third-order valence-electron chi connectivity index (χ3n) is 3.34. The molecule has 1 aromatic carbocycles. The van der Waals surface area contributed by atoms with Crippen molar-refractivity contribution in [2.45, 2.75) is 26.7 Å². The molecule has 3 heteroatoms. The summed E-state index contributed by atoms with van der Waals surface area (Å²) in [5.74, 6) is 1.49. The summed E-state index contributed by atoms with van der Waals surface area (Å²) in [7, 11) is 2.02. The molecule has 2 N–H and O–H groups in total. The molecule has 0 amide bonds. The molecule has 1 aromatic heterocycles. The van der Waals surface area contributed by atoms with Crippen molar-refractivity contribution in [2.24, 2.45) is 0 Å². The fraction of sp³-hybridized carbons (Fsp3) is 0.312. The Morgan fingerprint density at radius 3 is 2.32 bits per heavy atom. The largest absolute Gasteiger partial charge is 0.397 e. The van der Waals surface area contributed by atoms with Gasteiger partial charge < -0.3 is 10.6 Å². The van der Waals surface area contributed by atoms with E-state index in [1.54, 1.807) is 6.20 Å². The topological polar surface area (TPSA) is 42.1 Å². The average molecular weight is 255 g/mol. The van der Waals surface area contributed by atoms with Gasteiger partial charge in [-0.15, -0.1) is 0 Å². The molecule has 0 spiro atoms. The van der Waals surface area contributed by atoms with Crippen molar-refractivity contribution in [2.75, 3.05) is 17.7 Å². The van der Waals surface area contributed by atoms with Crippen molar-refractivity contribution >= 4 is 17.2 Å². The number of pyridine rings is 1. The average Bonchev–Trinajstić information content (AvgIpc) is 2.38. The molecule has 0 aliphatic rings. The first kappa shape index (κ1) is 13.4. The maximum atomic E-state index is 5.74. The molecule has 3 nitrogen and oxygen atoms in total. The van der Waals surface area contributed by atoms with Crippen LogP contribution in [0.4, 0.5) is 17.2 Å². The lowest BCUT2D eigenvalue weighted by molar-refractivity contribution is 0.866. The number of hydrogen-bond donors (Lipinski definition) is 1. The molecular formula is C16H21N3. The number of aromatic nitrogens is 1. The van der Waals surface area contributed by atoms with Gasteiger partial charge in [0.25, 0.3) is 0 Å². The van der Waals surface area contributed by atoms with Crippen molar-refractivity contribution in [3.05, 3.63) is 47.7 Å². The first-order valence-electron chi connectivity index (χ1n) is 6.55. The van der Waals surface area contributed by atoms with Gasteiger partial charge in [0, 0.05) is 12.7 Å². The van der Waals surface area contributed by atoms with Gasteiger partial charge in [-0.3, -0.25) is 0 Å². The summed E-state index contributed by atoms with van der Waals surface area (Å²) >= 11 is 0. The van der Waals surface area contributed by atoms with Gasteiger partial charge in [-0.05, 0) is 42.2 Å². The molecule has 2 rings (SSSR count). The fourth-order valence-electron chi connectivity index (χ4n) is 2.15. The van der Waals surface area contributed by atoms with Gasteiger partial charge in [-0.25, -0.2) is 4.98 Å². The van der Waals surface area contributed by atoms with Crippen LogP contribution in [-0.4, -0.2) is 12.0 Å². The predicted molar refractivity (Wildman–Crippen MR) is 82.0 cm³/mol. The number of aryl methyl sites for hydroxylation is 1. The molecule has 0 atom stereocenters. The van der Waals surface area contributed by atoms with Gasteiger partial charge in [-0.2, -0.15) is 0 Å². The minimum absolute atomic E-state index is 0.552. The van der Waals surface area contributed by atoms with E-state index in [4.69, 9.17) is 5.73 Å². The highest BCUT2D eigenvalue weighted by Gasteiger charge is 2.09. The van der Waals surface area contributed by atoms with Gasteiger partial charge >= 0.3 is 0 Å². The van der Waals surface area contributed by atoms with E-state index >= 15 is 0 Å². The second-order valence-electron chi connectivity index (χ2n) is 5.21. The molecule has 0 bridgehead atoms. The minimum Gasteiger partial charge on any atom is -0.397 e. The third-order valence-corrected chi connectivity index (χ3v) is 3.34. The number of hydrogen-bond acceptors (Lipinski definition) is 3. The SMILES string of the molecule is Cc1cc(N)cnc1N(C)c1ccc(C(C)C)cc1. The standard InChI is InChI=1S/C16H21N3/c1-11(2)13-5-7-15(8-6-13)19(4)16-12(3)9-14(17)10-18-16/h5-11H,17H2,1-4H3. The summed E-state index contributed by atoms with van der Waals surface area (Å²) in [5.41, 5.74) is 9.99. The summed E-state index contributed by atoms with van der Waals surface area (Å²) in [6, 6.07) is 10.5. The van der Waals surface area contributed by atoms with E-state index in [2.05, 4.69) is 48.0 Å². The summed E-state index contributed by atoms with van der Waals surface area (Å²) < 4.78 is 0. The Kier molecular flexibility index (Phi) is 3.74. The van der Waals surface area contributed by atoms with Gasteiger partial charge in [0.15, 0.2) is 0 Å². The molecular weight excluding hydrogens is 234 g/mol. The first-order chi connectivity index (χ1) is 8.99. The Hall–Kier alpha value is -2.03. The van der Waals surface area contributed by atoms with Crippen LogP contribution < -0.4 is 10.6 Å². The van der Waals surface area contributed by atoms with Crippen molar-refractivity contribution in [1.82, 2.24) is 4.98 Å². The number of nitrogens with two attached hydrogens (primary N) is 1. The van der Waals surface area contributed by atoms with Crippen LogP contribution in [0.5, 0.6) is 0 Å². The monoisotopic (exact) mass is 255 g/mol. The quantitative estimate of drug-likeness (QED) is 0.905. The molecule has 0 aliphatic heterocycles. The second-order valence-corrected chi connectivity index (χ2v) is 5.21. The van der Waals surface area contributed by atoms with Crippen LogP contribution in [-0.2, 0) is 0 Å². The lowest BCUT2D eigenvalue weighted by Gasteiger charge is -2.21. The van der Waals surface area contributed by atoms with Gasteiger partial charge in [0.05, 0.1) is 11.9 Å². The summed E-state index contributed by atoms with van der Waals surface area (Å²) in [6.07, 6.45) is 1.70. The van der Waals surface area contributed by atoms with Crippen LogP contribution in [0, 0.1) is 6.92 Å². The van der Waals surface area contributed by atoms with Crippen LogP contribution in [0.2, 0.25) is 0 Å². The van der Waals surface area contributed by atoms with E-state index in [1.807, 2.05) is 20.0 Å². The van der Waals surface area contributed by atoms with E-state index < -0.39 is 0 Å². The molecule has 1 heterocycles. The van der Waals surface area contributed by atoms with Gasteiger partial charge in [0.2, 0.25) is 0 Å². The van der Waals surface area contributed by atoms with Crippen LogP contribution in [0.15, 0.2) is 36.5 Å². The smallest absolute Gasteiger partial charge is 0.135 e. The fourth-order valence-corrected chi connectivity index (χ4v) is 2.15.